The Labute approximate surface area is 109 Å². The summed E-state index contributed by atoms with van der Waals surface area (Å²) in [5.74, 6) is -0.736. The number of amides is 2. The Morgan fingerprint density at radius 1 is 1.00 bits per heavy atom. The summed E-state index contributed by atoms with van der Waals surface area (Å²) >= 11 is 0. The summed E-state index contributed by atoms with van der Waals surface area (Å²) in [6, 6.07) is 0. The smallest absolute Gasteiger partial charge is 0.265 e. The molecule has 4 heteroatoms. The van der Waals surface area contributed by atoms with E-state index in [2.05, 4.69) is 17.4 Å². The Kier molecular flexibility index (Phi) is 5.33. The molecule has 0 saturated carbocycles. The van der Waals surface area contributed by atoms with Gasteiger partial charge in [-0.25, -0.2) is 0 Å². The molecule has 0 aliphatic heterocycles. The molecule has 0 aromatic heterocycles. The van der Waals surface area contributed by atoms with E-state index in [0.717, 1.165) is 0 Å². The summed E-state index contributed by atoms with van der Waals surface area (Å²) in [7, 11) is 0. The molecule has 0 atom stereocenters. The quantitative estimate of drug-likeness (QED) is 0.585. The van der Waals surface area contributed by atoms with Crippen molar-refractivity contribution in [3.8, 4) is 0 Å². The Balaban J connectivity index is 4.28. The summed E-state index contributed by atoms with van der Waals surface area (Å²) in [5.41, 5.74) is 4.68. The number of carbonyl (C=O) groups is 2. The first kappa shape index (κ1) is 16.4. The molecule has 0 aromatic rings. The summed E-state index contributed by atoms with van der Waals surface area (Å²) in [6.07, 6.45) is 3.17. The minimum atomic E-state index is -0.375. The van der Waals surface area contributed by atoms with E-state index in [1.807, 2.05) is 41.5 Å². The maximum absolute atomic E-state index is 11.6. The third-order valence-corrected chi connectivity index (χ3v) is 2.21. The average molecular weight is 252 g/mol. The lowest BCUT2D eigenvalue weighted by Gasteiger charge is -2.20. The molecule has 2 N–H and O–H groups in total. The fourth-order valence-electron chi connectivity index (χ4n) is 0.902. The van der Waals surface area contributed by atoms with Crippen LogP contribution in [0.3, 0.4) is 0 Å². The molecule has 18 heavy (non-hydrogen) atoms. The third kappa shape index (κ3) is 6.89. The first-order chi connectivity index (χ1) is 7.93. The van der Waals surface area contributed by atoms with Crippen LogP contribution in [0.1, 0.15) is 41.5 Å². The van der Waals surface area contributed by atoms with Gasteiger partial charge in [0.1, 0.15) is 0 Å². The molecule has 0 aliphatic rings. The van der Waals surface area contributed by atoms with Gasteiger partial charge in [-0.3, -0.25) is 20.4 Å². The van der Waals surface area contributed by atoms with Gasteiger partial charge in [0.25, 0.3) is 11.8 Å². The normalized spacial score (nSPS) is 12.3. The second-order valence-corrected chi connectivity index (χ2v) is 6.37. The molecule has 0 rings (SSSR count). The van der Waals surface area contributed by atoms with Crippen LogP contribution in [0.15, 0.2) is 24.3 Å². The van der Waals surface area contributed by atoms with Gasteiger partial charge in [0, 0.05) is 11.6 Å². The van der Waals surface area contributed by atoms with Crippen molar-refractivity contribution >= 4 is 11.8 Å². The van der Waals surface area contributed by atoms with Crippen LogP contribution in [-0.2, 0) is 9.59 Å². The largest absolute Gasteiger partial charge is 0.268 e. The molecule has 0 spiro atoms. The average Bonchev–Trinajstić information content (AvgIpc) is 2.19. The molecule has 0 radical (unpaired) electrons. The zero-order valence-electron chi connectivity index (χ0n) is 12.2. The monoisotopic (exact) mass is 252 g/mol. The van der Waals surface area contributed by atoms with Crippen LogP contribution in [0.2, 0.25) is 0 Å². The summed E-state index contributed by atoms with van der Waals surface area (Å²) in [4.78, 5) is 23.1. The van der Waals surface area contributed by atoms with Crippen molar-refractivity contribution in [3.05, 3.63) is 24.3 Å². The molecular weight excluding hydrogens is 228 g/mol. The first-order valence-electron chi connectivity index (χ1n) is 5.92. The highest BCUT2D eigenvalue weighted by molar-refractivity contribution is 5.96. The zero-order valence-corrected chi connectivity index (χ0v) is 12.2. The predicted octanol–water partition coefficient (Wildman–Crippen LogP) is 2.34. The molecule has 0 saturated heterocycles. The number of nitrogens with one attached hydrogen (secondary N) is 2. The van der Waals surface area contributed by atoms with E-state index in [9.17, 15) is 9.59 Å². The van der Waals surface area contributed by atoms with Gasteiger partial charge in [-0.2, -0.15) is 0 Å². The highest BCUT2D eigenvalue weighted by Gasteiger charge is 2.21. The van der Waals surface area contributed by atoms with Gasteiger partial charge in [0.15, 0.2) is 0 Å². The Morgan fingerprint density at radius 2 is 1.50 bits per heavy atom. The van der Waals surface area contributed by atoms with E-state index in [-0.39, 0.29) is 22.6 Å². The fraction of sp³-hybridized carbons (Fsp3) is 0.571. The van der Waals surface area contributed by atoms with Gasteiger partial charge < -0.3 is 0 Å². The molecule has 102 valence electrons. The molecule has 0 unspecified atom stereocenters. The molecule has 0 fully saturated rings. The van der Waals surface area contributed by atoms with Gasteiger partial charge in [-0.15, -0.1) is 0 Å². The van der Waals surface area contributed by atoms with Crippen molar-refractivity contribution in [2.24, 2.45) is 10.8 Å². The van der Waals surface area contributed by atoms with Crippen molar-refractivity contribution in [1.82, 2.24) is 10.9 Å². The Hall–Kier alpha value is -1.58. The van der Waals surface area contributed by atoms with Gasteiger partial charge in [-0.05, 0) is 10.8 Å². The molecule has 0 heterocycles. The number of rotatable bonds is 2. The van der Waals surface area contributed by atoms with Gasteiger partial charge in [0.2, 0.25) is 0 Å². The van der Waals surface area contributed by atoms with Crippen molar-refractivity contribution in [2.45, 2.75) is 41.5 Å². The lowest BCUT2D eigenvalue weighted by atomic mass is 9.87. The van der Waals surface area contributed by atoms with Crippen LogP contribution in [0.25, 0.3) is 0 Å². The fourth-order valence-corrected chi connectivity index (χ4v) is 0.902. The second kappa shape index (κ2) is 5.85. The van der Waals surface area contributed by atoms with E-state index in [4.69, 9.17) is 0 Å². The van der Waals surface area contributed by atoms with Crippen LogP contribution < -0.4 is 10.9 Å². The Morgan fingerprint density at radius 3 is 1.89 bits per heavy atom. The number of hydrogen-bond donors (Lipinski definition) is 2. The van der Waals surface area contributed by atoms with Crippen molar-refractivity contribution in [1.29, 1.82) is 0 Å². The first-order valence-corrected chi connectivity index (χ1v) is 5.92. The lowest BCUT2D eigenvalue weighted by Crippen LogP contribution is -2.43. The molecule has 0 aliphatic carbocycles. The van der Waals surface area contributed by atoms with Crippen LogP contribution in [0.4, 0.5) is 0 Å². The molecular formula is C14H24N2O2. The van der Waals surface area contributed by atoms with E-state index in [0.29, 0.717) is 5.57 Å². The van der Waals surface area contributed by atoms with E-state index in [1.54, 1.807) is 6.08 Å². The highest BCUT2D eigenvalue weighted by Crippen LogP contribution is 2.22. The zero-order chi connectivity index (χ0) is 14.6. The number of hydrogen-bond acceptors (Lipinski definition) is 2. The minimum Gasteiger partial charge on any atom is -0.268 e. The molecule has 2 amide bonds. The SMILES string of the molecule is C=C(C(=O)NNC(=O)C=CC(C)(C)C)C(C)(C)C. The van der Waals surface area contributed by atoms with E-state index >= 15 is 0 Å². The molecule has 0 aromatic carbocycles. The highest BCUT2D eigenvalue weighted by atomic mass is 16.2. The standard InChI is InChI=1S/C14H24N2O2/c1-10(14(5,6)7)12(18)16-15-11(17)8-9-13(2,3)4/h8-9H,1H2,2-7H3,(H,15,17)(H,16,18). The topological polar surface area (TPSA) is 58.2 Å². The number of allylic oxidation sites excluding steroid dienone is 1. The van der Waals surface area contributed by atoms with Crippen LogP contribution in [0.5, 0.6) is 0 Å². The number of hydrazine groups is 1. The van der Waals surface area contributed by atoms with Crippen molar-refractivity contribution < 1.29 is 9.59 Å². The summed E-state index contributed by atoms with van der Waals surface area (Å²) < 4.78 is 0. The van der Waals surface area contributed by atoms with Crippen LogP contribution >= 0.6 is 0 Å². The predicted molar refractivity (Wildman–Crippen MR) is 73.5 cm³/mol. The van der Waals surface area contributed by atoms with Crippen molar-refractivity contribution in [2.75, 3.05) is 0 Å². The Bertz CT molecular complexity index is 368. The van der Waals surface area contributed by atoms with Gasteiger partial charge in [0.05, 0.1) is 0 Å². The van der Waals surface area contributed by atoms with Gasteiger partial charge in [-0.1, -0.05) is 54.2 Å². The maximum atomic E-state index is 11.6. The molecule has 0 bridgehead atoms. The number of carbonyl (C=O) groups excluding carboxylic acids is 2. The maximum Gasteiger partial charge on any atom is 0.265 e. The lowest BCUT2D eigenvalue weighted by molar-refractivity contribution is -0.125. The summed E-state index contributed by atoms with van der Waals surface area (Å²) in [5, 5.41) is 0. The van der Waals surface area contributed by atoms with E-state index in [1.165, 1.54) is 6.08 Å². The molecule has 4 nitrogen and oxygen atoms in total. The van der Waals surface area contributed by atoms with E-state index < -0.39 is 0 Å². The van der Waals surface area contributed by atoms with Crippen molar-refractivity contribution in [3.63, 3.8) is 0 Å². The summed E-state index contributed by atoms with van der Waals surface area (Å²) in [6.45, 7) is 15.3. The third-order valence-electron chi connectivity index (χ3n) is 2.21. The minimum absolute atomic E-state index is 0.0731. The second-order valence-electron chi connectivity index (χ2n) is 6.37. The van der Waals surface area contributed by atoms with Crippen LogP contribution in [0, 0.1) is 10.8 Å². The van der Waals surface area contributed by atoms with Crippen LogP contribution in [-0.4, -0.2) is 11.8 Å². The van der Waals surface area contributed by atoms with Gasteiger partial charge >= 0.3 is 0 Å².